The van der Waals surface area contributed by atoms with Crippen molar-refractivity contribution in [1.29, 1.82) is 0 Å². The van der Waals surface area contributed by atoms with Gasteiger partial charge in [-0.15, -0.1) is 0 Å². The van der Waals surface area contributed by atoms with Gasteiger partial charge in [0.05, 0.1) is 27.8 Å². The quantitative estimate of drug-likeness (QED) is 0.160. The van der Waals surface area contributed by atoms with Crippen LogP contribution in [0.4, 0.5) is 17.1 Å². The normalized spacial score (nSPS) is 13.1. The van der Waals surface area contributed by atoms with Crippen molar-refractivity contribution in [1.82, 2.24) is 9.13 Å². The van der Waals surface area contributed by atoms with Crippen molar-refractivity contribution in [2.75, 3.05) is 4.90 Å². The number of aromatic nitrogens is 2. The summed E-state index contributed by atoms with van der Waals surface area (Å²) in [6.07, 6.45) is 0. The number of hydrogen-bond acceptors (Lipinski definition) is 1. The molecule has 0 spiro atoms. The van der Waals surface area contributed by atoms with Crippen LogP contribution >= 0.6 is 0 Å². The number of rotatable bonds is 4. The first-order valence-electron chi connectivity index (χ1n) is 29.3. The first-order chi connectivity index (χ1) is 39.6. The van der Waals surface area contributed by atoms with Gasteiger partial charge in [-0.3, -0.25) is 0 Å². The lowest BCUT2D eigenvalue weighted by atomic mass is 9.33. The number of hydrogen-bond donors (Lipinski definition) is 0. The molecule has 0 radical (unpaired) electrons. The fourth-order valence-electron chi connectivity index (χ4n) is 13.8. The summed E-state index contributed by atoms with van der Waals surface area (Å²) in [5, 5.41) is 9.86. The standard InChI is InChI=1S/C78H66BN3/c1-76(2,3)52-33-37-61-62-38-34-53(77(4,5)6)46-71(62)80(70(61)45-52)55-36-41-66-73(48-55)81(68-42-32-51(49-22-12-10-13-23-49)44-64(68)50-24-14-11-15-25-50)69-43-39-63-59-29-19-17-27-57(59)56-26-16-18-28-58(56)60-30-20-21-31-67(60)82-72-47-54(78(7,8)9)35-40-65(72)79(66)74(69)75(63)82/h10-48H,1-9H3. The van der Waals surface area contributed by atoms with Crippen LogP contribution in [0.1, 0.15) is 79.0 Å². The Bertz CT molecular complexity index is 4790. The molecule has 4 heteroatoms. The van der Waals surface area contributed by atoms with Gasteiger partial charge in [-0.05, 0) is 142 Å². The summed E-state index contributed by atoms with van der Waals surface area (Å²) in [5.74, 6) is 0. The molecule has 13 aromatic rings. The molecule has 0 atom stereocenters. The van der Waals surface area contributed by atoms with Crippen LogP contribution in [0, 0.1) is 0 Å². The van der Waals surface area contributed by atoms with Gasteiger partial charge in [0.1, 0.15) is 0 Å². The Hall–Kier alpha value is -9.12. The number of anilines is 3. The number of fused-ring (bicyclic) bond motifs is 15. The molecule has 11 aromatic carbocycles. The predicted molar refractivity (Wildman–Crippen MR) is 354 cm³/mol. The largest absolute Gasteiger partial charge is 0.311 e. The van der Waals surface area contributed by atoms with Gasteiger partial charge in [0.25, 0.3) is 6.71 Å². The molecule has 2 aliphatic heterocycles. The molecule has 0 bridgehead atoms. The lowest BCUT2D eigenvalue weighted by Gasteiger charge is -2.42. The van der Waals surface area contributed by atoms with E-state index < -0.39 is 0 Å². The zero-order valence-corrected chi connectivity index (χ0v) is 48.4. The number of para-hydroxylation sites is 1. The molecule has 15 rings (SSSR count). The summed E-state index contributed by atoms with van der Waals surface area (Å²) in [6, 6.07) is 90.5. The second-order valence-electron chi connectivity index (χ2n) is 26.1. The van der Waals surface area contributed by atoms with Crippen molar-refractivity contribution in [3.8, 4) is 33.6 Å². The summed E-state index contributed by atoms with van der Waals surface area (Å²) in [4.78, 5) is 2.64. The van der Waals surface area contributed by atoms with E-state index in [1.54, 1.807) is 0 Å². The Labute approximate surface area is 482 Å². The SMILES string of the molecule is CC(C)(C)c1ccc2c(c1)-n1c3ccccc3c3ccccc3c3ccccc3c3ccc4c(c31)B2c1ccc(-n2c3cc(C(C)(C)C)ccc3c3ccc(C(C)(C)C)cc32)cc1N4c1ccc(-c2ccccc2)cc1-c1ccccc1. The van der Waals surface area contributed by atoms with Crippen molar-refractivity contribution in [2.45, 2.75) is 78.6 Å². The van der Waals surface area contributed by atoms with E-state index in [0.717, 1.165) is 11.4 Å². The van der Waals surface area contributed by atoms with Crippen molar-refractivity contribution in [2.24, 2.45) is 0 Å². The molecular formula is C78H66BN3. The van der Waals surface area contributed by atoms with Crippen LogP contribution in [0.2, 0.25) is 0 Å². The smallest absolute Gasteiger partial charge is 0.252 e. The average molecular weight is 1060 g/mol. The highest BCUT2D eigenvalue weighted by atomic mass is 15.2. The van der Waals surface area contributed by atoms with Crippen molar-refractivity contribution >= 4 is 105 Å². The highest BCUT2D eigenvalue weighted by molar-refractivity contribution is 7.00. The first-order valence-corrected chi connectivity index (χ1v) is 29.3. The van der Waals surface area contributed by atoms with Gasteiger partial charge in [0, 0.05) is 49.9 Å². The molecule has 0 aliphatic carbocycles. The van der Waals surface area contributed by atoms with E-state index in [-0.39, 0.29) is 23.0 Å². The highest BCUT2D eigenvalue weighted by Gasteiger charge is 2.43. The minimum absolute atomic E-state index is 0.0445. The van der Waals surface area contributed by atoms with Gasteiger partial charge in [0.2, 0.25) is 0 Å². The van der Waals surface area contributed by atoms with E-state index in [1.165, 1.54) is 138 Å². The average Bonchev–Trinajstić information content (AvgIpc) is 3.16. The van der Waals surface area contributed by atoms with E-state index in [9.17, 15) is 0 Å². The lowest BCUT2D eigenvalue weighted by molar-refractivity contribution is 0.590. The Morgan fingerprint density at radius 3 is 1.37 bits per heavy atom. The van der Waals surface area contributed by atoms with E-state index in [0.29, 0.717) is 0 Å². The summed E-state index contributed by atoms with van der Waals surface area (Å²) >= 11 is 0. The third-order valence-electron chi connectivity index (χ3n) is 18.0. The molecule has 396 valence electrons. The second-order valence-corrected chi connectivity index (χ2v) is 26.1. The van der Waals surface area contributed by atoms with Gasteiger partial charge in [0.15, 0.2) is 0 Å². The van der Waals surface area contributed by atoms with Gasteiger partial charge in [-0.1, -0.05) is 244 Å². The second kappa shape index (κ2) is 18.2. The van der Waals surface area contributed by atoms with Crippen LogP contribution in [0.25, 0.3) is 98.8 Å². The molecule has 0 saturated carbocycles. The molecular weight excluding hydrogens is 990 g/mol. The Kier molecular flexibility index (Phi) is 11.1. The molecule has 82 heavy (non-hydrogen) atoms. The molecule has 2 aromatic heterocycles. The van der Waals surface area contributed by atoms with E-state index in [1.807, 2.05) is 0 Å². The molecule has 0 fully saturated rings. The topological polar surface area (TPSA) is 13.1 Å². The van der Waals surface area contributed by atoms with Crippen LogP contribution in [0.5, 0.6) is 0 Å². The zero-order valence-electron chi connectivity index (χ0n) is 48.4. The van der Waals surface area contributed by atoms with Gasteiger partial charge in [-0.2, -0.15) is 0 Å². The fraction of sp³-hybridized carbons (Fsp3) is 0.154. The van der Waals surface area contributed by atoms with Crippen molar-refractivity contribution in [3.05, 3.63) is 253 Å². The summed E-state index contributed by atoms with van der Waals surface area (Å²) in [6.45, 7) is 20.9. The van der Waals surface area contributed by atoms with Crippen LogP contribution in [0.15, 0.2) is 237 Å². The molecule has 0 saturated heterocycles. The van der Waals surface area contributed by atoms with Crippen LogP contribution in [-0.4, -0.2) is 15.8 Å². The van der Waals surface area contributed by atoms with Crippen molar-refractivity contribution < 1.29 is 0 Å². The molecule has 0 unspecified atom stereocenters. The molecule has 3 nitrogen and oxygen atoms in total. The third kappa shape index (κ3) is 7.71. The summed E-state index contributed by atoms with van der Waals surface area (Å²) in [7, 11) is 0. The van der Waals surface area contributed by atoms with Crippen LogP contribution < -0.4 is 21.3 Å². The summed E-state index contributed by atoms with van der Waals surface area (Å²) in [5.41, 5.74) is 23.0. The van der Waals surface area contributed by atoms with Gasteiger partial charge < -0.3 is 14.0 Å². The zero-order chi connectivity index (χ0) is 56.0. The van der Waals surface area contributed by atoms with Gasteiger partial charge in [-0.25, -0.2) is 0 Å². The maximum atomic E-state index is 2.66. The first kappa shape index (κ1) is 49.9. The Morgan fingerprint density at radius 2 is 0.756 bits per heavy atom. The fourth-order valence-corrected chi connectivity index (χ4v) is 13.8. The molecule has 2 aliphatic rings. The maximum Gasteiger partial charge on any atom is 0.252 e. The summed E-state index contributed by atoms with van der Waals surface area (Å²) < 4.78 is 5.23. The van der Waals surface area contributed by atoms with Gasteiger partial charge >= 0.3 is 0 Å². The van der Waals surface area contributed by atoms with E-state index in [4.69, 9.17) is 0 Å². The molecule has 0 amide bonds. The van der Waals surface area contributed by atoms with E-state index >= 15 is 0 Å². The Balaban J connectivity index is 1.14. The van der Waals surface area contributed by atoms with Crippen LogP contribution in [-0.2, 0) is 16.2 Å². The minimum atomic E-state index is -0.116. The minimum Gasteiger partial charge on any atom is -0.311 e. The number of benzene rings is 11. The predicted octanol–water partition coefficient (Wildman–Crippen LogP) is 19.2. The van der Waals surface area contributed by atoms with E-state index in [2.05, 4.69) is 313 Å². The van der Waals surface area contributed by atoms with Crippen molar-refractivity contribution in [3.63, 3.8) is 0 Å². The molecule has 4 heterocycles. The molecule has 0 N–H and O–H groups in total. The lowest BCUT2D eigenvalue weighted by Crippen LogP contribution is -2.60. The maximum absolute atomic E-state index is 2.66. The third-order valence-corrected chi connectivity index (χ3v) is 18.0. The Morgan fingerprint density at radius 1 is 0.293 bits per heavy atom. The van der Waals surface area contributed by atoms with Crippen LogP contribution in [0.3, 0.4) is 0 Å². The monoisotopic (exact) mass is 1060 g/mol. The number of nitrogens with zero attached hydrogens (tertiary/aromatic N) is 3. The highest BCUT2D eigenvalue weighted by Crippen LogP contribution is 2.48.